The fourth-order valence-electron chi connectivity index (χ4n) is 1.67. The van der Waals surface area contributed by atoms with Crippen molar-refractivity contribution in [1.82, 2.24) is 4.98 Å². The third kappa shape index (κ3) is 3.43. The van der Waals surface area contributed by atoms with Gasteiger partial charge in [-0.15, -0.1) is 0 Å². The second kappa shape index (κ2) is 6.79. The highest BCUT2D eigenvalue weighted by atomic mass is 35.5. The molecule has 0 aliphatic rings. The number of benzene rings is 1. The maximum Gasteiger partial charge on any atom is 0.288 e. The highest BCUT2D eigenvalue weighted by Crippen LogP contribution is 2.26. The molecule has 0 radical (unpaired) electrons. The molecule has 1 heterocycles. The molecule has 1 aromatic heterocycles. The normalized spacial score (nSPS) is 11.5. The number of nitrogens with one attached hydrogen (secondary N) is 1. The lowest BCUT2D eigenvalue weighted by Crippen LogP contribution is -2.08. The number of pyridine rings is 1. The quantitative estimate of drug-likeness (QED) is 0.293. The maximum absolute atomic E-state index is 13.4. The van der Waals surface area contributed by atoms with Gasteiger partial charge in [-0.05, 0) is 13.0 Å². The zero-order valence-corrected chi connectivity index (χ0v) is 12.5. The van der Waals surface area contributed by atoms with Crippen LogP contribution in [0.4, 0.5) is 28.9 Å². The van der Waals surface area contributed by atoms with Gasteiger partial charge in [-0.2, -0.15) is 27.6 Å². The van der Waals surface area contributed by atoms with E-state index < -0.39 is 39.8 Å². The van der Waals surface area contributed by atoms with E-state index in [1.54, 1.807) is 0 Å². The van der Waals surface area contributed by atoms with E-state index in [1.807, 2.05) is 5.43 Å². The van der Waals surface area contributed by atoms with Crippen LogP contribution in [0, 0.1) is 33.6 Å². The molecule has 0 saturated heterocycles. The van der Waals surface area contributed by atoms with Gasteiger partial charge in [-0.3, -0.25) is 15.5 Å². The smallest absolute Gasteiger partial charge is 0.272 e. The molecule has 1 N–H and O–H groups in total. The van der Waals surface area contributed by atoms with Crippen LogP contribution in [0.15, 0.2) is 23.3 Å². The summed E-state index contributed by atoms with van der Waals surface area (Å²) < 4.78 is 52.8. The molecular weight excluding hydrogens is 356 g/mol. The van der Waals surface area contributed by atoms with Crippen molar-refractivity contribution in [1.29, 1.82) is 0 Å². The van der Waals surface area contributed by atoms with E-state index in [4.69, 9.17) is 11.6 Å². The highest BCUT2D eigenvalue weighted by Gasteiger charge is 2.20. The van der Waals surface area contributed by atoms with Crippen molar-refractivity contribution in [2.45, 2.75) is 6.92 Å². The maximum atomic E-state index is 13.4. The molecule has 0 unspecified atom stereocenters. The zero-order valence-electron chi connectivity index (χ0n) is 11.8. The lowest BCUT2D eigenvalue weighted by atomic mass is 10.1. The van der Waals surface area contributed by atoms with Crippen molar-refractivity contribution in [3.63, 3.8) is 0 Å². The molecule has 6 nitrogen and oxygen atoms in total. The number of anilines is 1. The molecule has 0 amide bonds. The lowest BCUT2D eigenvalue weighted by molar-refractivity contribution is -0.384. The number of hydrazone groups is 1. The van der Waals surface area contributed by atoms with Crippen LogP contribution in [0.3, 0.4) is 0 Å². The monoisotopic (exact) mass is 362 g/mol. The van der Waals surface area contributed by atoms with Gasteiger partial charge in [-0.25, -0.2) is 0 Å². The SMILES string of the molecule is C/C(=N\Nc1c(F)c(F)nc(F)c1F)c1ccc(Cl)c([N+](=O)[O-])c1. The molecule has 0 aliphatic heterocycles. The standard InChI is InChI=1S/C13H7ClF4N4O2/c1-5(6-2-3-7(14)8(4-6)22(23)24)20-21-11-9(15)12(17)19-13(18)10(11)16/h2-4H,1H3,(H,19,21)/b20-5+. The van der Waals surface area contributed by atoms with Crippen molar-refractivity contribution in [3.05, 3.63) is 62.4 Å². The van der Waals surface area contributed by atoms with Crippen LogP contribution in [-0.4, -0.2) is 15.6 Å². The third-order valence-corrected chi connectivity index (χ3v) is 3.21. The van der Waals surface area contributed by atoms with E-state index in [9.17, 15) is 27.7 Å². The van der Waals surface area contributed by atoms with Crippen LogP contribution in [-0.2, 0) is 0 Å². The highest BCUT2D eigenvalue weighted by molar-refractivity contribution is 6.32. The van der Waals surface area contributed by atoms with Gasteiger partial charge in [0.05, 0.1) is 10.6 Å². The Kier molecular flexibility index (Phi) is 4.98. The first kappa shape index (κ1) is 17.6. The molecule has 11 heteroatoms. The fourth-order valence-corrected chi connectivity index (χ4v) is 1.85. The van der Waals surface area contributed by atoms with Gasteiger partial charge >= 0.3 is 0 Å². The summed E-state index contributed by atoms with van der Waals surface area (Å²) in [6.45, 7) is 1.35. The molecule has 0 atom stereocenters. The van der Waals surface area contributed by atoms with Gasteiger partial charge < -0.3 is 0 Å². The minimum atomic E-state index is -1.84. The topological polar surface area (TPSA) is 80.4 Å². The van der Waals surface area contributed by atoms with Crippen molar-refractivity contribution in [2.75, 3.05) is 5.43 Å². The first-order valence-corrected chi connectivity index (χ1v) is 6.54. The Bertz CT molecular complexity index is 834. The molecule has 126 valence electrons. The molecule has 0 bridgehead atoms. The first-order chi connectivity index (χ1) is 11.2. The van der Waals surface area contributed by atoms with Crippen molar-refractivity contribution in [3.8, 4) is 0 Å². The molecule has 2 rings (SSSR count). The molecule has 1 aromatic carbocycles. The summed E-state index contributed by atoms with van der Waals surface area (Å²) in [6.07, 6.45) is 0. The molecule has 0 spiro atoms. The van der Waals surface area contributed by atoms with E-state index in [1.165, 1.54) is 19.1 Å². The van der Waals surface area contributed by atoms with E-state index in [-0.39, 0.29) is 16.3 Å². The minimum absolute atomic E-state index is 0.0474. The lowest BCUT2D eigenvalue weighted by Gasteiger charge is -2.07. The van der Waals surface area contributed by atoms with Crippen molar-refractivity contribution >= 4 is 28.7 Å². The van der Waals surface area contributed by atoms with E-state index in [2.05, 4.69) is 10.1 Å². The average molecular weight is 363 g/mol. The van der Waals surface area contributed by atoms with Gasteiger partial charge in [0, 0.05) is 11.6 Å². The van der Waals surface area contributed by atoms with Gasteiger partial charge in [0.2, 0.25) is 11.6 Å². The fraction of sp³-hybridized carbons (Fsp3) is 0.0769. The summed E-state index contributed by atoms with van der Waals surface area (Å²) in [5, 5.41) is 14.3. The van der Waals surface area contributed by atoms with Crippen LogP contribution < -0.4 is 5.43 Å². The van der Waals surface area contributed by atoms with Gasteiger partial charge in [0.25, 0.3) is 17.6 Å². The largest absolute Gasteiger partial charge is 0.288 e. The molecule has 2 aromatic rings. The van der Waals surface area contributed by atoms with Crippen LogP contribution in [0.25, 0.3) is 0 Å². The summed E-state index contributed by atoms with van der Waals surface area (Å²) in [5.41, 5.74) is 0.511. The van der Waals surface area contributed by atoms with Gasteiger partial charge in [0.1, 0.15) is 10.7 Å². The number of aromatic nitrogens is 1. The molecule has 0 fully saturated rings. The predicted octanol–water partition coefficient (Wildman–Crippen LogP) is 4.04. The van der Waals surface area contributed by atoms with Crippen molar-refractivity contribution in [2.24, 2.45) is 5.10 Å². The summed E-state index contributed by atoms with van der Waals surface area (Å²) in [4.78, 5) is 12.5. The zero-order chi connectivity index (χ0) is 18.0. The number of hydrogen-bond donors (Lipinski definition) is 1. The molecule has 0 aliphatic carbocycles. The average Bonchev–Trinajstić information content (AvgIpc) is 2.53. The summed E-state index contributed by atoms with van der Waals surface area (Å²) in [7, 11) is 0. The number of hydrogen-bond acceptors (Lipinski definition) is 5. The Morgan fingerprint density at radius 1 is 1.25 bits per heavy atom. The molecule has 0 saturated carbocycles. The van der Waals surface area contributed by atoms with Gasteiger partial charge in [-0.1, -0.05) is 17.7 Å². The third-order valence-electron chi connectivity index (χ3n) is 2.89. The number of nitrogens with zero attached hydrogens (tertiary/aromatic N) is 3. The number of rotatable bonds is 4. The molecular formula is C13H7ClF4N4O2. The Balaban J connectivity index is 2.37. The second-order valence-corrected chi connectivity index (χ2v) is 4.84. The minimum Gasteiger partial charge on any atom is -0.272 e. The van der Waals surface area contributed by atoms with Gasteiger partial charge in [0.15, 0.2) is 0 Å². The summed E-state index contributed by atoms with van der Waals surface area (Å²) >= 11 is 5.66. The predicted molar refractivity (Wildman–Crippen MR) is 78.0 cm³/mol. The summed E-state index contributed by atoms with van der Waals surface area (Å²) in [6, 6.07) is 3.69. The van der Waals surface area contributed by atoms with Crippen molar-refractivity contribution < 1.29 is 22.5 Å². The second-order valence-electron chi connectivity index (χ2n) is 4.43. The van der Waals surface area contributed by atoms with Crippen LogP contribution in [0.5, 0.6) is 0 Å². The Morgan fingerprint density at radius 3 is 2.38 bits per heavy atom. The van der Waals surface area contributed by atoms with E-state index in [0.29, 0.717) is 0 Å². The summed E-state index contributed by atoms with van der Waals surface area (Å²) in [5.74, 6) is -7.20. The Hall–Kier alpha value is -2.75. The van der Waals surface area contributed by atoms with E-state index >= 15 is 0 Å². The van der Waals surface area contributed by atoms with Crippen LogP contribution >= 0.6 is 11.6 Å². The molecule has 24 heavy (non-hydrogen) atoms. The number of nitro benzene ring substituents is 1. The Labute approximate surface area is 136 Å². The Morgan fingerprint density at radius 2 is 1.83 bits per heavy atom. The van der Waals surface area contributed by atoms with Crippen LogP contribution in [0.1, 0.15) is 12.5 Å². The van der Waals surface area contributed by atoms with Crippen LogP contribution in [0.2, 0.25) is 5.02 Å². The first-order valence-electron chi connectivity index (χ1n) is 6.17. The number of nitro groups is 1. The number of halogens is 5. The van der Waals surface area contributed by atoms with E-state index in [0.717, 1.165) is 6.07 Å².